The van der Waals surface area contributed by atoms with Crippen molar-refractivity contribution in [1.82, 2.24) is 14.9 Å². The Morgan fingerprint density at radius 2 is 2.06 bits per heavy atom. The molecule has 0 spiro atoms. The topological polar surface area (TPSA) is 85.2 Å². The average molecular weight is 466 g/mol. The number of imidazole rings is 1. The Labute approximate surface area is 200 Å². The van der Waals surface area contributed by atoms with Crippen LogP contribution in [0.4, 0.5) is 10.5 Å². The van der Waals surface area contributed by atoms with Gasteiger partial charge in [0, 0.05) is 18.4 Å². The Balaban J connectivity index is 0.00000306. The van der Waals surface area contributed by atoms with Crippen LogP contribution in [0.5, 0.6) is 0 Å². The van der Waals surface area contributed by atoms with Gasteiger partial charge in [-0.05, 0) is 49.6 Å². The number of nitrogens with one attached hydrogen (secondary N) is 1. The number of H-pyrrole nitrogens is 1. The highest BCUT2D eigenvalue weighted by molar-refractivity contribution is 5.85. The summed E-state index contributed by atoms with van der Waals surface area (Å²) in [6.45, 7) is 5.34. The molecule has 1 N–H and O–H groups in total. The van der Waals surface area contributed by atoms with Gasteiger partial charge in [-0.25, -0.2) is 9.78 Å². The summed E-state index contributed by atoms with van der Waals surface area (Å²) >= 11 is 0. The van der Waals surface area contributed by atoms with Gasteiger partial charge in [0.15, 0.2) is 0 Å². The number of nitriles is 1. The van der Waals surface area contributed by atoms with Crippen LogP contribution in [0.25, 0.3) is 0 Å². The molecule has 1 amide bonds. The Bertz CT molecular complexity index is 1100. The first kappa shape index (κ1) is 24.1. The van der Waals surface area contributed by atoms with Crippen molar-refractivity contribution in [3.63, 3.8) is 0 Å². The van der Waals surface area contributed by atoms with E-state index in [0.717, 1.165) is 22.5 Å². The highest BCUT2D eigenvalue weighted by atomic mass is 35.5. The zero-order valence-electron chi connectivity index (χ0n) is 18.8. The average Bonchev–Trinajstić information content (AvgIpc) is 3.24. The van der Waals surface area contributed by atoms with E-state index in [4.69, 9.17) is 4.74 Å². The predicted octanol–water partition coefficient (Wildman–Crippen LogP) is 4.68. The number of amides is 1. The molecular weight excluding hydrogens is 438 g/mol. The van der Waals surface area contributed by atoms with E-state index in [1.165, 1.54) is 0 Å². The molecule has 0 fully saturated rings. The van der Waals surface area contributed by atoms with Gasteiger partial charge in [-0.1, -0.05) is 30.3 Å². The minimum absolute atomic E-state index is 0. The first-order valence-corrected chi connectivity index (χ1v) is 10.8. The summed E-state index contributed by atoms with van der Waals surface area (Å²) in [7, 11) is 0. The third kappa shape index (κ3) is 5.85. The summed E-state index contributed by atoms with van der Waals surface area (Å²) in [5.41, 5.74) is 4.65. The van der Waals surface area contributed by atoms with Crippen LogP contribution in [-0.2, 0) is 24.2 Å². The van der Waals surface area contributed by atoms with E-state index >= 15 is 0 Å². The van der Waals surface area contributed by atoms with Crippen molar-refractivity contribution in [1.29, 1.82) is 5.26 Å². The molecule has 0 radical (unpaired) electrons. The van der Waals surface area contributed by atoms with Crippen LogP contribution in [0.3, 0.4) is 0 Å². The van der Waals surface area contributed by atoms with E-state index in [9.17, 15) is 10.1 Å². The van der Waals surface area contributed by atoms with Crippen LogP contribution in [0, 0.1) is 11.3 Å². The fraction of sp³-hybridized carbons (Fsp3) is 0.320. The van der Waals surface area contributed by atoms with E-state index in [1.807, 2.05) is 56.4 Å². The molecule has 1 aliphatic heterocycles. The van der Waals surface area contributed by atoms with Crippen molar-refractivity contribution in [2.24, 2.45) is 0 Å². The number of aromatic nitrogens is 2. The van der Waals surface area contributed by atoms with Crippen LogP contribution in [0.15, 0.2) is 61.1 Å². The van der Waals surface area contributed by atoms with E-state index in [0.29, 0.717) is 31.6 Å². The first-order chi connectivity index (χ1) is 15.5. The molecule has 1 atom stereocenters. The smallest absolute Gasteiger partial charge is 0.410 e. The molecule has 0 saturated heterocycles. The molecule has 7 nitrogen and oxygen atoms in total. The van der Waals surface area contributed by atoms with Gasteiger partial charge in [-0.3, -0.25) is 4.90 Å². The number of rotatable bonds is 5. The molecule has 33 heavy (non-hydrogen) atoms. The maximum atomic E-state index is 13.2. The van der Waals surface area contributed by atoms with E-state index in [1.54, 1.807) is 11.2 Å². The molecule has 0 saturated carbocycles. The molecule has 1 aromatic heterocycles. The number of ether oxygens (including phenoxy) is 1. The number of carbonyl (C=O) groups excluding carboxylic acids is 1. The number of anilines is 1. The Morgan fingerprint density at radius 1 is 1.27 bits per heavy atom. The fourth-order valence-electron chi connectivity index (χ4n) is 4.12. The minimum atomic E-state index is -0.336. The third-order valence-corrected chi connectivity index (χ3v) is 5.56. The number of hydrogen-bond donors (Lipinski definition) is 1. The summed E-state index contributed by atoms with van der Waals surface area (Å²) in [6.07, 6.45) is 3.63. The lowest BCUT2D eigenvalue weighted by Crippen LogP contribution is -2.46. The van der Waals surface area contributed by atoms with Gasteiger partial charge in [-0.15, -0.1) is 12.4 Å². The summed E-state index contributed by atoms with van der Waals surface area (Å²) in [5.74, 6) is 0. The normalized spacial score (nSPS) is 15.3. The number of hydrogen-bond acceptors (Lipinski definition) is 5. The van der Waals surface area contributed by atoms with Gasteiger partial charge in [-0.2, -0.15) is 5.26 Å². The zero-order chi connectivity index (χ0) is 22.5. The predicted molar refractivity (Wildman–Crippen MR) is 129 cm³/mol. The van der Waals surface area contributed by atoms with Crippen molar-refractivity contribution in [3.8, 4) is 6.07 Å². The Morgan fingerprint density at radius 3 is 2.73 bits per heavy atom. The number of benzene rings is 2. The first-order valence-electron chi connectivity index (χ1n) is 10.8. The van der Waals surface area contributed by atoms with Crippen molar-refractivity contribution in [2.45, 2.75) is 45.5 Å². The summed E-state index contributed by atoms with van der Waals surface area (Å²) in [5, 5.41) is 9.44. The molecule has 0 bridgehead atoms. The number of fused-ring (bicyclic) bond motifs is 1. The van der Waals surface area contributed by atoms with Gasteiger partial charge in [0.05, 0.1) is 48.9 Å². The van der Waals surface area contributed by atoms with Gasteiger partial charge in [0.25, 0.3) is 0 Å². The maximum absolute atomic E-state index is 13.2. The highest BCUT2D eigenvalue weighted by Gasteiger charge is 2.33. The molecule has 1 aliphatic rings. The van der Waals surface area contributed by atoms with Crippen LogP contribution in [-0.4, -0.2) is 39.7 Å². The molecule has 172 valence electrons. The van der Waals surface area contributed by atoms with Crippen molar-refractivity contribution < 1.29 is 9.53 Å². The molecule has 2 heterocycles. The Hall–Kier alpha value is -3.50. The summed E-state index contributed by atoms with van der Waals surface area (Å²) < 4.78 is 5.61. The lowest BCUT2D eigenvalue weighted by molar-refractivity contribution is 0.0619. The van der Waals surface area contributed by atoms with Crippen LogP contribution < -0.4 is 4.90 Å². The second-order valence-corrected chi connectivity index (χ2v) is 8.32. The van der Waals surface area contributed by atoms with Crippen molar-refractivity contribution in [2.75, 3.05) is 11.4 Å². The second kappa shape index (κ2) is 10.9. The largest absolute Gasteiger partial charge is 0.447 e. The van der Waals surface area contributed by atoms with Gasteiger partial charge in [0.2, 0.25) is 0 Å². The molecule has 0 aliphatic carbocycles. The van der Waals surface area contributed by atoms with Gasteiger partial charge >= 0.3 is 6.09 Å². The van der Waals surface area contributed by atoms with Crippen LogP contribution in [0.1, 0.15) is 36.2 Å². The second-order valence-electron chi connectivity index (χ2n) is 8.32. The maximum Gasteiger partial charge on any atom is 0.410 e. The van der Waals surface area contributed by atoms with Crippen molar-refractivity contribution >= 4 is 24.2 Å². The molecule has 2 aromatic carbocycles. The zero-order valence-corrected chi connectivity index (χ0v) is 19.6. The quantitative estimate of drug-likeness (QED) is 0.591. The molecule has 8 heteroatoms. The monoisotopic (exact) mass is 465 g/mol. The SMILES string of the molecule is CC(C)OC(=O)N1Cc2cc(C#N)ccc2N(Cc2cnc[nH]2)C[C@H]1Cc1ccccc1.Cl. The molecule has 4 rings (SSSR count). The van der Waals surface area contributed by atoms with E-state index in [2.05, 4.69) is 33.1 Å². The summed E-state index contributed by atoms with van der Waals surface area (Å²) in [4.78, 5) is 24.5. The van der Waals surface area contributed by atoms with Gasteiger partial charge < -0.3 is 14.6 Å². The lowest BCUT2D eigenvalue weighted by Gasteiger charge is -2.32. The molecule has 3 aromatic rings. The molecule has 0 unspecified atom stereocenters. The summed E-state index contributed by atoms with van der Waals surface area (Å²) in [6, 6.07) is 18.0. The Kier molecular flexibility index (Phi) is 7.96. The van der Waals surface area contributed by atoms with Crippen molar-refractivity contribution in [3.05, 3.63) is 83.4 Å². The minimum Gasteiger partial charge on any atom is -0.447 e. The molecular formula is C25H28ClN5O2. The number of carbonyl (C=O) groups is 1. The van der Waals surface area contributed by atoms with Crippen LogP contribution >= 0.6 is 12.4 Å². The van der Waals surface area contributed by atoms with Crippen LogP contribution in [0.2, 0.25) is 0 Å². The number of nitrogens with zero attached hydrogens (tertiary/aromatic N) is 4. The van der Waals surface area contributed by atoms with E-state index in [-0.39, 0.29) is 30.6 Å². The highest BCUT2D eigenvalue weighted by Crippen LogP contribution is 2.31. The fourth-order valence-corrected chi connectivity index (χ4v) is 4.12. The standard InChI is InChI=1S/C25H27N5O2.ClH/c1-18(2)32-25(31)30-14-21-10-20(12-26)8-9-24(21)29(15-22-13-27-17-28-22)16-23(30)11-19-6-4-3-5-7-19;/h3-10,13,17-18,23H,11,14-16H2,1-2H3,(H,27,28);1H/t23-;/m1./s1. The number of aromatic amines is 1. The third-order valence-electron chi connectivity index (χ3n) is 5.56. The van der Waals surface area contributed by atoms with Gasteiger partial charge in [0.1, 0.15) is 0 Å². The van der Waals surface area contributed by atoms with E-state index < -0.39 is 0 Å². The lowest BCUT2D eigenvalue weighted by atomic mass is 10.0. The number of halogens is 1.